The predicted molar refractivity (Wildman–Crippen MR) is 136 cm³/mol. The number of carbonyl (C=O) groups excluding carboxylic acids is 4. The second kappa shape index (κ2) is 10.8. The minimum Gasteiger partial charge on any atom is -0.495 e. The fourth-order valence-electron chi connectivity index (χ4n) is 3.76. The number of aryl methyl sites for hydroxylation is 1. The first-order valence-corrected chi connectivity index (χ1v) is 11.4. The number of rotatable bonds is 7. The van der Waals surface area contributed by atoms with E-state index in [9.17, 15) is 19.2 Å². The van der Waals surface area contributed by atoms with E-state index in [-0.39, 0.29) is 35.1 Å². The van der Waals surface area contributed by atoms with Gasteiger partial charge in [0.05, 0.1) is 25.0 Å². The van der Waals surface area contributed by atoms with Crippen molar-refractivity contribution in [1.29, 1.82) is 0 Å². The predicted octanol–water partition coefficient (Wildman–Crippen LogP) is 4.29. The summed E-state index contributed by atoms with van der Waals surface area (Å²) in [4.78, 5) is 51.8. The molecule has 1 fully saturated rings. The molecule has 0 saturated carbocycles. The molecule has 3 aromatic carbocycles. The van der Waals surface area contributed by atoms with Crippen LogP contribution in [0.15, 0.2) is 72.3 Å². The maximum atomic E-state index is 13.2. The van der Waals surface area contributed by atoms with Crippen molar-refractivity contribution in [2.45, 2.75) is 13.8 Å². The number of barbiturate groups is 1. The third kappa shape index (κ3) is 5.35. The molecule has 0 unspecified atom stereocenters. The molecule has 9 heteroatoms. The van der Waals surface area contributed by atoms with Crippen molar-refractivity contribution in [2.75, 3.05) is 18.6 Å². The van der Waals surface area contributed by atoms with Gasteiger partial charge in [-0.25, -0.2) is 14.5 Å². The Balaban J connectivity index is 1.66. The van der Waals surface area contributed by atoms with Gasteiger partial charge in [0.15, 0.2) is 11.5 Å². The van der Waals surface area contributed by atoms with Gasteiger partial charge in [0.2, 0.25) is 0 Å². The van der Waals surface area contributed by atoms with E-state index in [0.717, 1.165) is 10.5 Å². The summed E-state index contributed by atoms with van der Waals surface area (Å²) in [5.41, 5.74) is 1.65. The number of hydrogen-bond acceptors (Lipinski definition) is 7. The number of hydrogen-bond donors (Lipinski definition) is 1. The number of amides is 4. The molecule has 0 aliphatic carbocycles. The van der Waals surface area contributed by atoms with Crippen LogP contribution in [0.3, 0.4) is 0 Å². The van der Waals surface area contributed by atoms with E-state index in [1.54, 1.807) is 55.5 Å². The van der Waals surface area contributed by atoms with E-state index in [1.807, 2.05) is 13.0 Å². The fraction of sp³-hybridized carbons (Fsp3) is 0.143. The molecule has 1 aliphatic heterocycles. The molecular weight excluding hydrogens is 476 g/mol. The minimum absolute atomic E-state index is 0.181. The van der Waals surface area contributed by atoms with E-state index in [2.05, 4.69) is 5.32 Å². The number of nitrogens with zero attached hydrogens (tertiary/aromatic N) is 1. The summed E-state index contributed by atoms with van der Waals surface area (Å²) in [5, 5.41) is 2.18. The van der Waals surface area contributed by atoms with Crippen molar-refractivity contribution in [1.82, 2.24) is 5.32 Å². The Bertz CT molecular complexity index is 1430. The number of methoxy groups -OCH3 is 1. The van der Waals surface area contributed by atoms with Gasteiger partial charge in [0.1, 0.15) is 11.3 Å². The van der Waals surface area contributed by atoms with Gasteiger partial charge in [-0.1, -0.05) is 35.9 Å². The highest BCUT2D eigenvalue weighted by molar-refractivity contribution is 6.39. The largest absolute Gasteiger partial charge is 0.495 e. The summed E-state index contributed by atoms with van der Waals surface area (Å²) in [7, 11) is 1.41. The van der Waals surface area contributed by atoms with E-state index in [0.29, 0.717) is 11.1 Å². The number of para-hydroxylation sites is 2. The van der Waals surface area contributed by atoms with Gasteiger partial charge < -0.3 is 14.2 Å². The zero-order chi connectivity index (χ0) is 26.5. The van der Waals surface area contributed by atoms with Gasteiger partial charge in [-0.2, -0.15) is 0 Å². The number of anilines is 1. The molecule has 37 heavy (non-hydrogen) atoms. The molecule has 3 aromatic rings. The van der Waals surface area contributed by atoms with E-state index in [4.69, 9.17) is 14.2 Å². The molecule has 0 aromatic heterocycles. The third-order valence-corrected chi connectivity index (χ3v) is 5.46. The van der Waals surface area contributed by atoms with Crippen LogP contribution in [0.5, 0.6) is 17.2 Å². The van der Waals surface area contributed by atoms with E-state index >= 15 is 0 Å². The average Bonchev–Trinajstić information content (AvgIpc) is 2.88. The van der Waals surface area contributed by atoms with Crippen molar-refractivity contribution >= 4 is 35.6 Å². The molecule has 4 amide bonds. The number of ether oxygens (including phenoxy) is 3. The number of imide groups is 2. The quantitative estimate of drug-likeness (QED) is 0.223. The molecule has 0 atom stereocenters. The Morgan fingerprint density at radius 1 is 0.946 bits per heavy atom. The highest BCUT2D eigenvalue weighted by atomic mass is 16.6. The maximum absolute atomic E-state index is 13.2. The van der Waals surface area contributed by atoms with Crippen molar-refractivity contribution in [2.24, 2.45) is 0 Å². The number of carbonyl (C=O) groups is 4. The van der Waals surface area contributed by atoms with Crippen molar-refractivity contribution in [3.8, 4) is 17.2 Å². The topological polar surface area (TPSA) is 111 Å². The average molecular weight is 501 g/mol. The van der Waals surface area contributed by atoms with E-state index in [1.165, 1.54) is 25.3 Å². The van der Waals surface area contributed by atoms with Gasteiger partial charge in [0, 0.05) is 0 Å². The normalized spacial score (nSPS) is 14.4. The SMILES string of the molecule is CCOc1cc(/C=C2\C(=O)NC(=O)N(c3ccccc3OC)C2=O)ccc1OC(=O)c1cccc(C)c1. The molecule has 1 N–H and O–H groups in total. The first-order chi connectivity index (χ1) is 17.8. The minimum atomic E-state index is -0.884. The van der Waals surface area contributed by atoms with Crippen LogP contribution in [0.4, 0.5) is 10.5 Å². The zero-order valence-corrected chi connectivity index (χ0v) is 20.4. The Labute approximate surface area is 213 Å². The molecule has 4 rings (SSSR count). The monoisotopic (exact) mass is 500 g/mol. The van der Waals surface area contributed by atoms with Crippen LogP contribution < -0.4 is 24.4 Å². The van der Waals surface area contributed by atoms with Crippen LogP contribution in [0.25, 0.3) is 6.08 Å². The Morgan fingerprint density at radius 2 is 1.73 bits per heavy atom. The van der Waals surface area contributed by atoms with Crippen molar-refractivity contribution < 1.29 is 33.4 Å². The summed E-state index contributed by atoms with van der Waals surface area (Å²) < 4.78 is 16.5. The van der Waals surface area contributed by atoms with Gasteiger partial charge in [-0.05, 0) is 61.9 Å². The van der Waals surface area contributed by atoms with Gasteiger partial charge in [0.25, 0.3) is 11.8 Å². The van der Waals surface area contributed by atoms with Crippen LogP contribution in [0, 0.1) is 6.92 Å². The van der Waals surface area contributed by atoms with Gasteiger partial charge in [-0.15, -0.1) is 0 Å². The lowest BCUT2D eigenvalue weighted by Crippen LogP contribution is -2.54. The van der Waals surface area contributed by atoms with Crippen LogP contribution >= 0.6 is 0 Å². The lowest BCUT2D eigenvalue weighted by Gasteiger charge is -2.27. The Kier molecular flexibility index (Phi) is 7.34. The van der Waals surface area contributed by atoms with Crippen molar-refractivity contribution in [3.63, 3.8) is 0 Å². The van der Waals surface area contributed by atoms with Crippen LogP contribution in [-0.2, 0) is 9.59 Å². The second-order valence-corrected chi connectivity index (χ2v) is 8.03. The highest BCUT2D eigenvalue weighted by Crippen LogP contribution is 2.33. The maximum Gasteiger partial charge on any atom is 0.343 e. The van der Waals surface area contributed by atoms with Crippen molar-refractivity contribution in [3.05, 3.63) is 89.0 Å². The second-order valence-electron chi connectivity index (χ2n) is 8.03. The number of esters is 1. The Hall–Kier alpha value is -4.92. The summed E-state index contributed by atoms with van der Waals surface area (Å²) in [6.07, 6.45) is 1.33. The molecule has 1 aliphatic rings. The highest BCUT2D eigenvalue weighted by Gasteiger charge is 2.38. The summed E-state index contributed by atoms with van der Waals surface area (Å²) in [6.45, 7) is 3.92. The Morgan fingerprint density at radius 3 is 2.46 bits per heavy atom. The van der Waals surface area contributed by atoms with Gasteiger partial charge >= 0.3 is 12.0 Å². The smallest absolute Gasteiger partial charge is 0.343 e. The first kappa shape index (κ1) is 25.2. The number of nitrogens with one attached hydrogen (secondary N) is 1. The third-order valence-electron chi connectivity index (χ3n) is 5.46. The number of urea groups is 1. The number of benzene rings is 3. The van der Waals surface area contributed by atoms with Crippen LogP contribution in [-0.4, -0.2) is 37.5 Å². The molecular formula is C28H24N2O7. The van der Waals surface area contributed by atoms with Gasteiger partial charge in [-0.3, -0.25) is 14.9 Å². The fourth-order valence-corrected chi connectivity index (χ4v) is 3.76. The summed E-state index contributed by atoms with van der Waals surface area (Å²) >= 11 is 0. The van der Waals surface area contributed by atoms with E-state index < -0.39 is 23.8 Å². The zero-order valence-electron chi connectivity index (χ0n) is 20.4. The molecule has 0 radical (unpaired) electrons. The van der Waals surface area contributed by atoms with Crippen LogP contribution in [0.2, 0.25) is 0 Å². The first-order valence-electron chi connectivity index (χ1n) is 11.4. The molecule has 1 saturated heterocycles. The summed E-state index contributed by atoms with van der Waals surface area (Å²) in [6, 6.07) is 17.2. The lowest BCUT2D eigenvalue weighted by atomic mass is 10.1. The molecule has 188 valence electrons. The molecule has 9 nitrogen and oxygen atoms in total. The molecule has 0 bridgehead atoms. The van der Waals surface area contributed by atoms with Crippen LogP contribution in [0.1, 0.15) is 28.4 Å². The standard InChI is InChI=1S/C28H24N2O7/c1-4-36-24-16-18(12-13-23(24)37-27(33)19-9-7-8-17(2)14-19)15-20-25(31)29-28(34)30(26(20)32)21-10-5-6-11-22(21)35-3/h5-16H,4H2,1-3H3,(H,29,31,34)/b20-15+. The molecule has 1 heterocycles. The molecule has 0 spiro atoms. The summed E-state index contributed by atoms with van der Waals surface area (Å²) in [5.74, 6) is -1.48. The lowest BCUT2D eigenvalue weighted by molar-refractivity contribution is -0.122.